The van der Waals surface area contributed by atoms with Crippen molar-refractivity contribution < 1.29 is 38.9 Å². The van der Waals surface area contributed by atoms with Crippen molar-refractivity contribution in [2.75, 3.05) is 11.9 Å². The SMILES string of the molecule is O=P(O)(O)OC[C@H]1O[C@@H](n2cnc3c(NCc4ccc(I)cc4O)ncnc32)[C@H](O)[C@@H]1O. The third kappa shape index (κ3) is 4.87. The van der Waals surface area contributed by atoms with Crippen LogP contribution in [0.1, 0.15) is 11.8 Å². The van der Waals surface area contributed by atoms with Crippen LogP contribution in [0.3, 0.4) is 0 Å². The summed E-state index contributed by atoms with van der Waals surface area (Å²) in [5.41, 5.74) is 1.31. The lowest BCUT2D eigenvalue weighted by atomic mass is 10.1. The van der Waals surface area contributed by atoms with Gasteiger partial charge in [-0.25, -0.2) is 19.5 Å². The molecule has 4 atom stereocenters. The number of fused-ring (bicyclic) bond motifs is 1. The van der Waals surface area contributed by atoms with Gasteiger partial charge in [-0.15, -0.1) is 0 Å². The normalized spacial score (nSPS) is 23.7. The van der Waals surface area contributed by atoms with E-state index in [0.717, 1.165) is 3.57 Å². The number of anilines is 1. The van der Waals surface area contributed by atoms with E-state index in [-0.39, 0.29) is 12.3 Å². The van der Waals surface area contributed by atoms with Gasteiger partial charge in [0.25, 0.3) is 0 Å². The predicted molar refractivity (Wildman–Crippen MR) is 117 cm³/mol. The first-order chi connectivity index (χ1) is 15.1. The first kappa shape index (κ1) is 23.3. The molecule has 13 nitrogen and oxygen atoms in total. The highest BCUT2D eigenvalue weighted by atomic mass is 127. The summed E-state index contributed by atoms with van der Waals surface area (Å²) in [4.78, 5) is 30.3. The second-order valence-corrected chi connectivity index (χ2v) is 9.49. The summed E-state index contributed by atoms with van der Waals surface area (Å²) in [5, 5.41) is 33.8. The van der Waals surface area contributed by atoms with E-state index < -0.39 is 39.0 Å². The number of aliphatic hydroxyl groups is 2. The molecule has 0 unspecified atom stereocenters. The summed E-state index contributed by atoms with van der Waals surface area (Å²) in [6.07, 6.45) is -2.55. The number of phosphoric ester groups is 1. The van der Waals surface area contributed by atoms with Gasteiger partial charge in [0.1, 0.15) is 30.4 Å². The van der Waals surface area contributed by atoms with E-state index in [1.54, 1.807) is 12.1 Å². The van der Waals surface area contributed by atoms with Gasteiger partial charge in [0, 0.05) is 15.7 Å². The molecule has 2 aromatic heterocycles. The molecule has 1 aromatic carbocycles. The molecule has 1 aliphatic rings. The lowest BCUT2D eigenvalue weighted by Crippen LogP contribution is -2.33. The van der Waals surface area contributed by atoms with E-state index in [4.69, 9.17) is 14.5 Å². The van der Waals surface area contributed by atoms with Crippen LogP contribution < -0.4 is 5.32 Å². The van der Waals surface area contributed by atoms with Crippen LogP contribution in [0.15, 0.2) is 30.9 Å². The van der Waals surface area contributed by atoms with E-state index in [1.165, 1.54) is 17.2 Å². The molecule has 3 heterocycles. The van der Waals surface area contributed by atoms with Gasteiger partial charge in [-0.1, -0.05) is 6.07 Å². The molecule has 0 bridgehead atoms. The van der Waals surface area contributed by atoms with Crippen LogP contribution >= 0.6 is 30.4 Å². The van der Waals surface area contributed by atoms with E-state index >= 15 is 0 Å². The summed E-state index contributed by atoms with van der Waals surface area (Å²) in [7, 11) is -4.77. The standard InChI is InChI=1S/C17H19IN5O8P/c18-9-2-1-8(10(24)3-9)4-19-15-12-16(21-6-20-15)23(7-22-12)17-14(26)13(25)11(31-17)5-30-32(27,28)29/h1-3,6-7,11,13-14,17,24-26H,4-5H2,(H,19,20,21)(H2,27,28,29)/t11-,13-,14-,17-/m1/s1. The Morgan fingerprint density at radius 3 is 2.72 bits per heavy atom. The Labute approximate surface area is 194 Å². The Hall–Kier alpha value is -1.91. The van der Waals surface area contributed by atoms with Gasteiger partial charge in [0.15, 0.2) is 23.2 Å². The Balaban J connectivity index is 1.54. The van der Waals surface area contributed by atoms with Crippen molar-refractivity contribution in [2.45, 2.75) is 31.1 Å². The molecule has 0 radical (unpaired) electrons. The van der Waals surface area contributed by atoms with Gasteiger partial charge in [0.05, 0.1) is 12.9 Å². The number of rotatable bonds is 7. The molecule has 172 valence electrons. The number of hydrogen-bond acceptors (Lipinski definition) is 10. The number of phenolic OH excluding ortho intramolecular Hbond substituents is 1. The first-order valence-electron chi connectivity index (χ1n) is 9.24. The summed E-state index contributed by atoms with van der Waals surface area (Å²) >= 11 is 2.10. The van der Waals surface area contributed by atoms with Gasteiger partial charge >= 0.3 is 7.82 Å². The van der Waals surface area contributed by atoms with Gasteiger partial charge in [0.2, 0.25) is 0 Å². The zero-order chi connectivity index (χ0) is 23.0. The summed E-state index contributed by atoms with van der Waals surface area (Å²) < 4.78 is 23.2. The fourth-order valence-electron chi connectivity index (χ4n) is 3.30. The largest absolute Gasteiger partial charge is 0.508 e. The van der Waals surface area contributed by atoms with Crippen LogP contribution in [-0.4, -0.2) is 69.5 Å². The zero-order valence-corrected chi connectivity index (χ0v) is 19.2. The molecule has 15 heteroatoms. The Morgan fingerprint density at radius 1 is 1.22 bits per heavy atom. The van der Waals surface area contributed by atoms with Gasteiger partial charge in [-0.2, -0.15) is 0 Å². The molecule has 1 fully saturated rings. The first-order valence-corrected chi connectivity index (χ1v) is 11.9. The summed E-state index contributed by atoms with van der Waals surface area (Å²) in [5.74, 6) is 0.515. The maximum absolute atomic E-state index is 10.9. The molecule has 3 aromatic rings. The number of aromatic nitrogens is 4. The van der Waals surface area contributed by atoms with Crippen molar-refractivity contribution in [3.05, 3.63) is 40.0 Å². The van der Waals surface area contributed by atoms with Gasteiger partial charge < -0.3 is 35.2 Å². The summed E-state index contributed by atoms with van der Waals surface area (Å²) in [6, 6.07) is 5.28. The Morgan fingerprint density at radius 2 is 2.00 bits per heavy atom. The van der Waals surface area contributed by atoms with Crippen molar-refractivity contribution in [1.29, 1.82) is 0 Å². The quantitative estimate of drug-likeness (QED) is 0.168. The molecule has 4 rings (SSSR count). The Bertz CT molecular complexity index is 1170. The molecule has 1 aliphatic heterocycles. The monoisotopic (exact) mass is 579 g/mol. The van der Waals surface area contributed by atoms with Crippen LogP contribution in [0, 0.1) is 3.57 Å². The number of imidazole rings is 1. The number of nitrogens with one attached hydrogen (secondary N) is 1. The van der Waals surface area contributed by atoms with Crippen molar-refractivity contribution in [3.63, 3.8) is 0 Å². The number of ether oxygens (including phenoxy) is 1. The number of phosphoric acid groups is 1. The number of benzene rings is 1. The van der Waals surface area contributed by atoms with Crippen LogP contribution in [0.5, 0.6) is 5.75 Å². The second-order valence-electron chi connectivity index (χ2n) is 7.01. The molecular formula is C17H19IN5O8P. The molecule has 1 saturated heterocycles. The lowest BCUT2D eigenvalue weighted by Gasteiger charge is -2.16. The molecule has 0 spiro atoms. The van der Waals surface area contributed by atoms with E-state index in [9.17, 15) is 19.9 Å². The molecule has 6 N–H and O–H groups in total. The zero-order valence-electron chi connectivity index (χ0n) is 16.2. The van der Waals surface area contributed by atoms with Crippen LogP contribution in [-0.2, 0) is 20.4 Å². The minimum atomic E-state index is -4.77. The van der Waals surface area contributed by atoms with Crippen molar-refractivity contribution in [3.8, 4) is 5.75 Å². The third-order valence-electron chi connectivity index (χ3n) is 4.87. The predicted octanol–water partition coefficient (Wildman–Crippen LogP) is 0.477. The van der Waals surface area contributed by atoms with Crippen molar-refractivity contribution >= 4 is 47.4 Å². The molecule has 0 saturated carbocycles. The highest BCUT2D eigenvalue weighted by Gasteiger charge is 2.45. The van der Waals surface area contributed by atoms with Gasteiger partial charge in [-0.05, 0) is 34.7 Å². The molecule has 0 aliphatic carbocycles. The topological polar surface area (TPSA) is 192 Å². The molecule has 0 amide bonds. The van der Waals surface area contributed by atoms with E-state index in [1.807, 2.05) is 6.07 Å². The van der Waals surface area contributed by atoms with E-state index in [2.05, 4.69) is 47.4 Å². The van der Waals surface area contributed by atoms with Crippen molar-refractivity contribution in [1.82, 2.24) is 19.5 Å². The number of phenols is 1. The average molecular weight is 579 g/mol. The maximum atomic E-state index is 10.9. The lowest BCUT2D eigenvalue weighted by molar-refractivity contribution is -0.0504. The highest BCUT2D eigenvalue weighted by Crippen LogP contribution is 2.39. The van der Waals surface area contributed by atoms with Crippen LogP contribution in [0.2, 0.25) is 0 Å². The summed E-state index contributed by atoms with van der Waals surface area (Å²) in [6.45, 7) is -0.349. The smallest absolute Gasteiger partial charge is 0.469 e. The number of aromatic hydroxyl groups is 1. The van der Waals surface area contributed by atoms with Crippen LogP contribution in [0.4, 0.5) is 5.82 Å². The highest BCUT2D eigenvalue weighted by molar-refractivity contribution is 14.1. The average Bonchev–Trinajstić information content (AvgIpc) is 3.27. The minimum Gasteiger partial charge on any atom is -0.508 e. The molecular weight excluding hydrogens is 560 g/mol. The van der Waals surface area contributed by atoms with Crippen molar-refractivity contribution in [2.24, 2.45) is 0 Å². The second kappa shape index (κ2) is 9.15. The number of halogens is 1. The fraction of sp³-hybridized carbons (Fsp3) is 0.353. The van der Waals surface area contributed by atoms with Gasteiger partial charge in [-0.3, -0.25) is 9.09 Å². The fourth-order valence-corrected chi connectivity index (χ4v) is 4.12. The Kier molecular flexibility index (Phi) is 6.65. The maximum Gasteiger partial charge on any atom is 0.469 e. The van der Waals surface area contributed by atoms with Crippen LogP contribution in [0.25, 0.3) is 11.2 Å². The number of nitrogens with zero attached hydrogens (tertiary/aromatic N) is 4. The third-order valence-corrected chi connectivity index (χ3v) is 6.03. The molecule has 32 heavy (non-hydrogen) atoms. The number of aliphatic hydroxyl groups excluding tert-OH is 2. The minimum absolute atomic E-state index is 0.139. The number of hydrogen-bond donors (Lipinski definition) is 6. The van der Waals surface area contributed by atoms with E-state index in [0.29, 0.717) is 22.5 Å².